The van der Waals surface area contributed by atoms with E-state index in [-0.39, 0.29) is 5.82 Å². The van der Waals surface area contributed by atoms with Crippen LogP contribution in [0.3, 0.4) is 0 Å². The van der Waals surface area contributed by atoms with Crippen LogP contribution in [0.25, 0.3) is 28.0 Å². The molecular weight excluding hydrogens is 363 g/mol. The molecule has 3 aromatic rings. The van der Waals surface area contributed by atoms with Gasteiger partial charge in [-0.25, -0.2) is 4.39 Å². The molecule has 1 saturated heterocycles. The van der Waals surface area contributed by atoms with Crippen molar-refractivity contribution < 1.29 is 4.39 Å². The first-order valence-corrected chi connectivity index (χ1v) is 10.1. The van der Waals surface area contributed by atoms with Crippen molar-refractivity contribution in [3.05, 3.63) is 78.0 Å². The zero-order chi connectivity index (χ0) is 19.8. The lowest BCUT2D eigenvalue weighted by Crippen LogP contribution is -2.32. The van der Waals surface area contributed by atoms with E-state index in [1.807, 2.05) is 12.1 Å². The molecule has 4 heterocycles. The number of halogens is 1. The highest BCUT2D eigenvalue weighted by atomic mass is 19.1. The van der Waals surface area contributed by atoms with Crippen LogP contribution in [0.4, 0.5) is 4.39 Å². The summed E-state index contributed by atoms with van der Waals surface area (Å²) in [6, 6.07) is 11.0. The first kappa shape index (κ1) is 18.0. The third-order valence-corrected chi connectivity index (χ3v) is 5.99. The van der Waals surface area contributed by atoms with Crippen molar-refractivity contribution >= 4 is 5.57 Å². The molecule has 1 aromatic carbocycles. The van der Waals surface area contributed by atoms with Crippen molar-refractivity contribution in [2.45, 2.75) is 25.8 Å². The molecule has 1 atom stereocenters. The fraction of sp³-hybridized carbons (Fsp3) is 0.250. The maximum Gasteiger partial charge on any atom is 0.123 e. The van der Waals surface area contributed by atoms with Gasteiger partial charge in [-0.15, -0.1) is 0 Å². The Labute approximate surface area is 169 Å². The Morgan fingerprint density at radius 3 is 2.66 bits per heavy atom. The predicted octanol–water partition coefficient (Wildman–Crippen LogP) is 5.09. The fourth-order valence-corrected chi connectivity index (χ4v) is 4.44. The normalized spacial score (nSPS) is 20.7. The Bertz CT molecular complexity index is 1080. The Morgan fingerprint density at radius 2 is 1.90 bits per heavy atom. The van der Waals surface area contributed by atoms with Crippen LogP contribution in [0.15, 0.2) is 66.5 Å². The van der Waals surface area contributed by atoms with Crippen LogP contribution in [0, 0.1) is 5.82 Å². The summed E-state index contributed by atoms with van der Waals surface area (Å²) in [7, 11) is 0. The van der Waals surface area contributed by atoms with Gasteiger partial charge in [-0.1, -0.05) is 17.7 Å². The average molecular weight is 386 g/mol. The van der Waals surface area contributed by atoms with Crippen LogP contribution in [0.5, 0.6) is 0 Å². The van der Waals surface area contributed by atoms with E-state index in [1.165, 1.54) is 23.3 Å². The number of pyridine rings is 1. The third kappa shape index (κ3) is 3.32. The molecule has 1 N–H and O–H groups in total. The van der Waals surface area contributed by atoms with E-state index in [1.54, 1.807) is 24.5 Å². The van der Waals surface area contributed by atoms with E-state index in [9.17, 15) is 4.39 Å². The summed E-state index contributed by atoms with van der Waals surface area (Å²) >= 11 is 0. The summed E-state index contributed by atoms with van der Waals surface area (Å²) in [5.41, 5.74) is 7.74. The number of nitrogens with one attached hydrogen (secondary N) is 1. The molecule has 146 valence electrons. The van der Waals surface area contributed by atoms with E-state index >= 15 is 0 Å². The lowest BCUT2D eigenvalue weighted by Gasteiger charge is -2.28. The maximum atomic E-state index is 13.5. The average Bonchev–Trinajstić information content (AvgIpc) is 3.38. The Hall–Kier alpha value is -3.05. The smallest absolute Gasteiger partial charge is 0.123 e. The molecule has 0 bridgehead atoms. The molecule has 0 spiro atoms. The predicted molar refractivity (Wildman–Crippen MR) is 114 cm³/mol. The van der Waals surface area contributed by atoms with Gasteiger partial charge in [-0.2, -0.15) is 5.10 Å². The van der Waals surface area contributed by atoms with Crippen molar-refractivity contribution in [3.8, 4) is 22.4 Å². The summed E-state index contributed by atoms with van der Waals surface area (Å²) in [4.78, 5) is 6.71. The Kier molecular flexibility index (Phi) is 4.60. The van der Waals surface area contributed by atoms with Gasteiger partial charge in [0.1, 0.15) is 11.5 Å². The summed E-state index contributed by atoms with van der Waals surface area (Å²) < 4.78 is 13.5. The van der Waals surface area contributed by atoms with E-state index in [4.69, 9.17) is 0 Å². The minimum absolute atomic E-state index is 0.244. The van der Waals surface area contributed by atoms with Gasteiger partial charge in [-0.05, 0) is 67.3 Å². The number of fused-ring (bicyclic) bond motifs is 1. The van der Waals surface area contributed by atoms with E-state index in [0.717, 1.165) is 54.0 Å². The molecule has 0 radical (unpaired) electrons. The molecule has 5 heteroatoms. The van der Waals surface area contributed by atoms with E-state index < -0.39 is 0 Å². The van der Waals surface area contributed by atoms with Crippen LogP contribution < -0.4 is 0 Å². The van der Waals surface area contributed by atoms with Gasteiger partial charge >= 0.3 is 0 Å². The highest BCUT2D eigenvalue weighted by Crippen LogP contribution is 2.40. The fourth-order valence-electron chi connectivity index (χ4n) is 4.44. The second-order valence-corrected chi connectivity index (χ2v) is 7.70. The number of nitrogens with zero attached hydrogens (tertiary/aromatic N) is 3. The molecule has 2 aromatic heterocycles. The van der Waals surface area contributed by atoms with Gasteiger partial charge in [0.05, 0.1) is 5.69 Å². The van der Waals surface area contributed by atoms with Crippen LogP contribution >= 0.6 is 0 Å². The molecule has 1 unspecified atom stereocenters. The van der Waals surface area contributed by atoms with Gasteiger partial charge in [0.2, 0.25) is 0 Å². The molecule has 5 rings (SSSR count). The molecule has 2 aliphatic rings. The summed E-state index contributed by atoms with van der Waals surface area (Å²) in [6.45, 7) is 4.25. The maximum absolute atomic E-state index is 13.5. The SMILES string of the molecule is CC=C1CC2C=C(c3[nH]nc(-c4ccc(F)cc4)c3-c3ccncc3)CCN2C1. The molecule has 1 fully saturated rings. The van der Waals surface area contributed by atoms with E-state index in [2.05, 4.69) is 39.2 Å². The first-order chi connectivity index (χ1) is 14.2. The molecule has 0 saturated carbocycles. The topological polar surface area (TPSA) is 44.8 Å². The highest BCUT2D eigenvalue weighted by molar-refractivity contribution is 5.89. The Morgan fingerprint density at radius 1 is 1.10 bits per heavy atom. The second-order valence-electron chi connectivity index (χ2n) is 7.70. The van der Waals surface area contributed by atoms with Crippen molar-refractivity contribution in [2.75, 3.05) is 13.1 Å². The summed E-state index contributed by atoms with van der Waals surface area (Å²) in [5.74, 6) is -0.244. The van der Waals surface area contributed by atoms with Crippen molar-refractivity contribution in [3.63, 3.8) is 0 Å². The molecule has 0 amide bonds. The number of H-pyrrole nitrogens is 1. The lowest BCUT2D eigenvalue weighted by molar-refractivity contribution is 0.290. The standard InChI is InChI=1S/C24H23FN4/c1-2-16-13-21-14-19(9-12-29(21)15-16)24-22(17-7-10-26-11-8-17)23(27-28-24)18-3-5-20(25)6-4-18/h2-8,10-11,14,21H,9,12-13,15H2,1H3,(H,27,28). The highest BCUT2D eigenvalue weighted by Gasteiger charge is 2.31. The first-order valence-electron chi connectivity index (χ1n) is 10.1. The zero-order valence-electron chi connectivity index (χ0n) is 16.4. The minimum atomic E-state index is -0.244. The molecule has 4 nitrogen and oxygen atoms in total. The molecule has 0 aliphatic carbocycles. The lowest BCUT2D eigenvalue weighted by atomic mass is 9.92. The summed E-state index contributed by atoms with van der Waals surface area (Å²) in [5, 5.41) is 7.95. The number of allylic oxidation sites excluding steroid dienone is 1. The monoisotopic (exact) mass is 386 g/mol. The quantitative estimate of drug-likeness (QED) is 0.638. The minimum Gasteiger partial charge on any atom is -0.292 e. The largest absolute Gasteiger partial charge is 0.292 e. The van der Waals surface area contributed by atoms with Crippen LogP contribution in [0.2, 0.25) is 0 Å². The van der Waals surface area contributed by atoms with Gasteiger partial charge < -0.3 is 0 Å². The number of benzene rings is 1. The number of rotatable bonds is 3. The molecule has 2 aliphatic heterocycles. The van der Waals surface area contributed by atoms with Crippen LogP contribution in [0.1, 0.15) is 25.5 Å². The van der Waals surface area contributed by atoms with Gasteiger partial charge in [0.25, 0.3) is 0 Å². The van der Waals surface area contributed by atoms with Crippen molar-refractivity contribution in [1.82, 2.24) is 20.1 Å². The number of hydrogen-bond donors (Lipinski definition) is 1. The summed E-state index contributed by atoms with van der Waals surface area (Å²) in [6.07, 6.45) is 10.3. The van der Waals surface area contributed by atoms with Gasteiger partial charge in [0.15, 0.2) is 0 Å². The van der Waals surface area contributed by atoms with E-state index in [0.29, 0.717) is 6.04 Å². The zero-order valence-corrected chi connectivity index (χ0v) is 16.4. The number of aromatic nitrogens is 3. The van der Waals surface area contributed by atoms with Crippen LogP contribution in [-0.2, 0) is 0 Å². The molecule has 29 heavy (non-hydrogen) atoms. The van der Waals surface area contributed by atoms with Gasteiger partial charge in [0, 0.05) is 42.7 Å². The number of hydrogen-bond acceptors (Lipinski definition) is 3. The molecular formula is C24H23FN4. The van der Waals surface area contributed by atoms with Crippen molar-refractivity contribution in [2.24, 2.45) is 0 Å². The van der Waals surface area contributed by atoms with Crippen molar-refractivity contribution in [1.29, 1.82) is 0 Å². The second kappa shape index (κ2) is 7.41. The van der Waals surface area contributed by atoms with Crippen LogP contribution in [-0.4, -0.2) is 39.2 Å². The van der Waals surface area contributed by atoms with Gasteiger partial charge in [-0.3, -0.25) is 15.0 Å². The Balaban J connectivity index is 1.61. The third-order valence-electron chi connectivity index (χ3n) is 5.99. The number of aromatic amines is 1.